The van der Waals surface area contributed by atoms with Gasteiger partial charge in [-0.25, -0.2) is 17.4 Å². The summed E-state index contributed by atoms with van der Waals surface area (Å²) in [6.07, 6.45) is 6.75. The molecule has 0 bridgehead atoms. The van der Waals surface area contributed by atoms with Crippen LogP contribution in [0.2, 0.25) is 0 Å². The first-order chi connectivity index (χ1) is 15.9. The molecule has 0 N–H and O–H groups in total. The first-order valence-electron chi connectivity index (χ1n) is 11.4. The van der Waals surface area contributed by atoms with Gasteiger partial charge in [0.15, 0.2) is 5.65 Å². The second-order valence-electron chi connectivity index (χ2n) is 8.76. The van der Waals surface area contributed by atoms with Crippen LogP contribution in [0.1, 0.15) is 37.4 Å². The van der Waals surface area contributed by atoms with E-state index >= 15 is 0 Å². The fraction of sp³-hybridized carbons (Fsp3) is 0.360. The predicted octanol–water partition coefficient (Wildman–Crippen LogP) is 3.68. The number of benzene rings is 1. The minimum atomic E-state index is -3.91. The molecular formula is C25H28N4O3S. The Bertz CT molecular complexity index is 1370. The van der Waals surface area contributed by atoms with Gasteiger partial charge in [-0.05, 0) is 62.2 Å². The molecule has 0 spiro atoms. The van der Waals surface area contributed by atoms with Gasteiger partial charge >= 0.3 is 0 Å². The van der Waals surface area contributed by atoms with Gasteiger partial charge in [0.1, 0.15) is 0 Å². The molecule has 7 nitrogen and oxygen atoms in total. The first kappa shape index (κ1) is 21.9. The van der Waals surface area contributed by atoms with E-state index in [-0.39, 0.29) is 10.8 Å². The number of anilines is 1. The number of carbonyl (C=O) groups excluding carboxylic acids is 1. The van der Waals surface area contributed by atoms with E-state index in [9.17, 15) is 13.2 Å². The summed E-state index contributed by atoms with van der Waals surface area (Å²) in [6.45, 7) is 4.38. The molecule has 0 unspecified atom stereocenters. The van der Waals surface area contributed by atoms with Crippen molar-refractivity contribution in [1.82, 2.24) is 13.9 Å². The number of nitrogens with zero attached hydrogens (tertiary/aromatic N) is 4. The molecule has 3 aromatic rings. The highest BCUT2D eigenvalue weighted by Gasteiger charge is 2.27. The van der Waals surface area contributed by atoms with E-state index in [0.29, 0.717) is 24.3 Å². The highest BCUT2D eigenvalue weighted by molar-refractivity contribution is 7.90. The van der Waals surface area contributed by atoms with E-state index in [0.717, 1.165) is 54.6 Å². The fourth-order valence-corrected chi connectivity index (χ4v) is 5.97. The largest absolute Gasteiger partial charge is 0.312 e. The maximum Gasteiger partial charge on any atom is 0.269 e. The molecule has 2 aliphatic rings. The van der Waals surface area contributed by atoms with E-state index in [1.165, 1.54) is 3.97 Å². The van der Waals surface area contributed by atoms with Gasteiger partial charge in [0.25, 0.3) is 10.0 Å². The maximum absolute atomic E-state index is 13.8. The number of aryl methyl sites for hydroxylation is 1. The maximum atomic E-state index is 13.8. The van der Waals surface area contributed by atoms with E-state index in [1.54, 1.807) is 35.4 Å². The number of hydrogen-bond acceptors (Lipinski definition) is 5. The van der Waals surface area contributed by atoms with Crippen LogP contribution in [0.3, 0.4) is 0 Å². The molecule has 0 atom stereocenters. The molecule has 5 rings (SSSR count). The molecule has 33 heavy (non-hydrogen) atoms. The Morgan fingerprint density at radius 1 is 1.09 bits per heavy atom. The Morgan fingerprint density at radius 3 is 2.64 bits per heavy atom. The van der Waals surface area contributed by atoms with Gasteiger partial charge in [-0.1, -0.05) is 19.1 Å². The third kappa shape index (κ3) is 3.87. The van der Waals surface area contributed by atoms with E-state index in [1.807, 2.05) is 19.1 Å². The highest BCUT2D eigenvalue weighted by atomic mass is 32.2. The first-order valence-corrected chi connectivity index (χ1v) is 12.9. The number of carbonyl (C=O) groups is 1. The van der Waals surface area contributed by atoms with Crippen LogP contribution in [-0.2, 0) is 21.2 Å². The molecule has 0 saturated carbocycles. The van der Waals surface area contributed by atoms with Gasteiger partial charge in [-0.3, -0.25) is 4.79 Å². The topological polar surface area (TPSA) is 75.5 Å². The third-order valence-corrected chi connectivity index (χ3v) is 8.20. The summed E-state index contributed by atoms with van der Waals surface area (Å²) in [4.78, 5) is 21.0. The standard InChI is InChI=1S/C25H28N4O3S/c1-3-19-9-10-22-23(18-11-14-27(2)15-12-18)17-29(25(22)26-19)33(31,32)21-7-4-6-20(16-21)28-13-5-8-24(28)30/h4,6-7,9-11,16-17H,3,5,8,12-15H2,1-2H3. The van der Waals surface area contributed by atoms with Crippen molar-refractivity contribution in [2.75, 3.05) is 31.6 Å². The normalized spacial score (nSPS) is 17.7. The van der Waals surface area contributed by atoms with E-state index in [4.69, 9.17) is 4.98 Å². The lowest BCUT2D eigenvalue weighted by atomic mass is 10.00. The van der Waals surface area contributed by atoms with E-state index < -0.39 is 10.0 Å². The molecule has 1 saturated heterocycles. The van der Waals surface area contributed by atoms with Gasteiger partial charge < -0.3 is 9.80 Å². The zero-order valence-electron chi connectivity index (χ0n) is 19.0. The molecule has 1 amide bonds. The van der Waals surface area contributed by atoms with Crippen LogP contribution >= 0.6 is 0 Å². The Labute approximate surface area is 194 Å². The van der Waals surface area contributed by atoms with Crippen molar-refractivity contribution in [2.45, 2.75) is 37.5 Å². The van der Waals surface area contributed by atoms with E-state index in [2.05, 4.69) is 18.0 Å². The van der Waals surface area contributed by atoms with Gasteiger partial charge in [0.2, 0.25) is 5.91 Å². The summed E-state index contributed by atoms with van der Waals surface area (Å²) in [5, 5.41) is 0.845. The number of aromatic nitrogens is 2. The summed E-state index contributed by atoms with van der Waals surface area (Å²) < 4.78 is 29.0. The molecule has 8 heteroatoms. The second-order valence-corrected chi connectivity index (χ2v) is 10.6. The Balaban J connectivity index is 1.65. The quantitative estimate of drug-likeness (QED) is 0.576. The van der Waals surface area contributed by atoms with Crippen molar-refractivity contribution in [1.29, 1.82) is 0 Å². The van der Waals surface area contributed by atoms with Gasteiger partial charge in [-0.2, -0.15) is 0 Å². The number of amides is 1. The summed E-state index contributed by atoms with van der Waals surface area (Å²) in [7, 11) is -1.83. The molecule has 1 aromatic carbocycles. The van der Waals surface area contributed by atoms with Crippen molar-refractivity contribution >= 4 is 38.2 Å². The van der Waals surface area contributed by atoms with Crippen LogP contribution in [-0.4, -0.2) is 54.9 Å². The van der Waals surface area contributed by atoms with Crippen LogP contribution in [0.25, 0.3) is 16.6 Å². The number of fused-ring (bicyclic) bond motifs is 1. The molecule has 4 heterocycles. The zero-order valence-corrected chi connectivity index (χ0v) is 19.8. The number of likely N-dealkylation sites (N-methyl/N-ethyl adjacent to an activating group) is 1. The lowest BCUT2D eigenvalue weighted by molar-refractivity contribution is -0.117. The molecule has 0 radical (unpaired) electrons. The lowest BCUT2D eigenvalue weighted by Crippen LogP contribution is -2.24. The Kier molecular flexibility index (Phi) is 5.58. The van der Waals surface area contributed by atoms with Crippen molar-refractivity contribution < 1.29 is 13.2 Å². The monoisotopic (exact) mass is 464 g/mol. The van der Waals surface area contributed by atoms with Crippen molar-refractivity contribution in [2.24, 2.45) is 0 Å². The zero-order chi connectivity index (χ0) is 23.2. The number of pyridine rings is 1. The van der Waals surface area contributed by atoms with Crippen molar-refractivity contribution in [3.05, 3.63) is 59.9 Å². The van der Waals surface area contributed by atoms with Crippen molar-refractivity contribution in [3.8, 4) is 0 Å². The second kappa shape index (κ2) is 8.43. The van der Waals surface area contributed by atoms with Crippen LogP contribution in [0.15, 0.2) is 53.6 Å². The highest BCUT2D eigenvalue weighted by Crippen LogP contribution is 2.33. The van der Waals surface area contributed by atoms with Crippen molar-refractivity contribution in [3.63, 3.8) is 0 Å². The fourth-order valence-electron chi connectivity index (χ4n) is 4.61. The molecule has 1 fully saturated rings. The Hall–Kier alpha value is -2.97. The smallest absolute Gasteiger partial charge is 0.269 e. The summed E-state index contributed by atoms with van der Waals surface area (Å²) >= 11 is 0. The number of rotatable bonds is 5. The van der Waals surface area contributed by atoms with Gasteiger partial charge in [0.05, 0.1) is 4.90 Å². The van der Waals surface area contributed by atoms with Crippen LogP contribution in [0, 0.1) is 0 Å². The third-order valence-electron chi connectivity index (χ3n) is 6.56. The summed E-state index contributed by atoms with van der Waals surface area (Å²) in [6, 6.07) is 10.6. The van der Waals surface area contributed by atoms with Crippen LogP contribution < -0.4 is 4.90 Å². The molecular weight excluding hydrogens is 436 g/mol. The number of hydrogen-bond donors (Lipinski definition) is 0. The van der Waals surface area contributed by atoms with Gasteiger partial charge in [0, 0.05) is 54.6 Å². The van der Waals surface area contributed by atoms with Crippen LogP contribution in [0.4, 0.5) is 5.69 Å². The van der Waals surface area contributed by atoms with Crippen LogP contribution in [0.5, 0.6) is 0 Å². The molecule has 172 valence electrons. The summed E-state index contributed by atoms with van der Waals surface area (Å²) in [5.74, 6) is 0.0294. The SMILES string of the molecule is CCc1ccc2c(C3=CCN(C)CC3)cn(S(=O)(=O)c3cccc(N4CCCC4=O)c3)c2n1. The predicted molar refractivity (Wildman–Crippen MR) is 130 cm³/mol. The average molecular weight is 465 g/mol. The minimum Gasteiger partial charge on any atom is -0.312 e. The average Bonchev–Trinajstić information content (AvgIpc) is 3.43. The van der Waals surface area contributed by atoms with Gasteiger partial charge in [-0.15, -0.1) is 0 Å². The Morgan fingerprint density at radius 2 is 1.94 bits per heavy atom. The summed E-state index contributed by atoms with van der Waals surface area (Å²) in [5.41, 5.74) is 3.98. The molecule has 2 aliphatic heterocycles. The molecule has 2 aromatic heterocycles. The molecule has 0 aliphatic carbocycles. The lowest BCUT2D eigenvalue weighted by Gasteiger charge is -2.21. The minimum absolute atomic E-state index is 0.0294.